The van der Waals surface area contributed by atoms with Gasteiger partial charge >= 0.3 is 35.6 Å². The molecule has 2 aromatic carbocycles. The molecule has 1 aliphatic carbocycles. The Kier molecular flexibility index (Phi) is 13.1. The Morgan fingerprint density at radius 2 is 1.83 bits per heavy atom. The summed E-state index contributed by atoms with van der Waals surface area (Å²) < 4.78 is 0. The van der Waals surface area contributed by atoms with Gasteiger partial charge in [-0.2, -0.15) is 12.1 Å². The second-order valence-electron chi connectivity index (χ2n) is 5.40. The number of hydrogen-bond donors (Lipinski definition) is 0. The van der Waals surface area contributed by atoms with Crippen molar-refractivity contribution in [2.75, 3.05) is 12.3 Å². The third kappa shape index (κ3) is 8.42. The molecule has 0 unspecified atom stereocenters. The van der Waals surface area contributed by atoms with Crippen molar-refractivity contribution in [3.8, 4) is 0 Å². The van der Waals surface area contributed by atoms with Crippen molar-refractivity contribution in [2.24, 2.45) is 0 Å². The van der Waals surface area contributed by atoms with Crippen molar-refractivity contribution >= 4 is 42.6 Å². The molecule has 3 rings (SSSR count). The summed E-state index contributed by atoms with van der Waals surface area (Å²) in [4.78, 5) is 0. The average molecular weight is 415 g/mol. The first-order valence-electron chi connectivity index (χ1n) is 8.35. The second-order valence-corrected chi connectivity index (χ2v) is 10.5. The van der Waals surface area contributed by atoms with Gasteiger partial charge in [0.25, 0.3) is 0 Å². The molecule has 24 heavy (non-hydrogen) atoms. The van der Waals surface area contributed by atoms with E-state index in [1.165, 1.54) is 35.9 Å². The number of allylic oxidation sites excluding steroid dienone is 4. The molecule has 4 heteroatoms. The van der Waals surface area contributed by atoms with Gasteiger partial charge in [0.15, 0.2) is 0 Å². The molecule has 0 fully saturated rings. The van der Waals surface area contributed by atoms with Gasteiger partial charge in [-0.25, -0.2) is 12.2 Å². The van der Waals surface area contributed by atoms with Gasteiger partial charge < -0.3 is 0 Å². The van der Waals surface area contributed by atoms with Crippen LogP contribution in [-0.4, -0.2) is 12.3 Å². The molecule has 130 valence electrons. The molecule has 0 spiro atoms. The van der Waals surface area contributed by atoms with Crippen molar-refractivity contribution < 1.29 is 17.0 Å². The molecule has 0 radical (unpaired) electrons. The van der Waals surface area contributed by atoms with Crippen LogP contribution in [0.3, 0.4) is 0 Å². The van der Waals surface area contributed by atoms with Crippen molar-refractivity contribution in [1.29, 1.82) is 0 Å². The van der Waals surface area contributed by atoms with Crippen molar-refractivity contribution in [3.05, 3.63) is 60.7 Å². The van der Waals surface area contributed by atoms with E-state index >= 15 is 0 Å². The summed E-state index contributed by atoms with van der Waals surface area (Å²) in [6.07, 6.45) is 15.4. The Morgan fingerprint density at radius 1 is 1.17 bits per heavy atom. The van der Waals surface area contributed by atoms with Crippen LogP contribution in [0.25, 0.3) is 10.8 Å². The van der Waals surface area contributed by atoms with Gasteiger partial charge in [0.2, 0.25) is 0 Å². The number of hydrogen-bond acceptors (Lipinski definition) is 0. The number of rotatable bonds is 5. The molecule has 1 aliphatic rings. The maximum absolute atomic E-state index is 4.89. The van der Waals surface area contributed by atoms with Gasteiger partial charge in [-0.15, -0.1) is 46.8 Å². The predicted molar refractivity (Wildman–Crippen MR) is 110 cm³/mol. The predicted octanol–water partition coefficient (Wildman–Crippen LogP) is 7.17. The van der Waals surface area contributed by atoms with Gasteiger partial charge in [0.1, 0.15) is 0 Å². The normalized spacial score (nSPS) is 11.9. The summed E-state index contributed by atoms with van der Waals surface area (Å²) in [5, 5.41) is 4.44. The average Bonchev–Trinajstić information content (AvgIpc) is 3.28. The first-order chi connectivity index (χ1) is 11.8. The van der Waals surface area contributed by atoms with Crippen LogP contribution < -0.4 is 5.30 Å². The van der Waals surface area contributed by atoms with E-state index in [4.69, 9.17) is 18.6 Å². The van der Waals surface area contributed by atoms with E-state index in [1.54, 1.807) is 5.30 Å². The van der Waals surface area contributed by atoms with Gasteiger partial charge in [-0.1, -0.05) is 40.7 Å². The van der Waals surface area contributed by atoms with Crippen molar-refractivity contribution in [1.82, 2.24) is 0 Å². The maximum atomic E-state index is 4.89. The Labute approximate surface area is 165 Å². The first-order valence-corrected chi connectivity index (χ1v) is 14.4. The third-order valence-electron chi connectivity index (χ3n) is 3.54. The molecular formula is C20H25Cl2PTi-2. The van der Waals surface area contributed by atoms with Crippen LogP contribution in [0.5, 0.6) is 0 Å². The molecule has 0 bridgehead atoms. The molecule has 0 saturated carbocycles. The van der Waals surface area contributed by atoms with E-state index < -0.39 is 17.0 Å². The fourth-order valence-electron chi connectivity index (χ4n) is 2.57. The minimum absolute atomic E-state index is 0.0972. The van der Waals surface area contributed by atoms with Crippen LogP contribution in [0.15, 0.2) is 54.6 Å². The molecule has 0 amide bonds. The van der Waals surface area contributed by atoms with Crippen LogP contribution in [0.1, 0.15) is 33.1 Å². The van der Waals surface area contributed by atoms with Crippen LogP contribution in [0.4, 0.5) is 0 Å². The Balaban J connectivity index is 0.000000298. The number of halogens is 2. The van der Waals surface area contributed by atoms with Crippen LogP contribution >= 0.6 is 26.5 Å². The number of fused-ring (bicyclic) bond motifs is 1. The molecule has 2 aromatic rings. The zero-order chi connectivity index (χ0) is 17.6. The molecule has 0 N–H and O–H groups in total. The van der Waals surface area contributed by atoms with E-state index in [1.807, 2.05) is 12.2 Å². The second kappa shape index (κ2) is 14.2. The fraction of sp³-hybridized carbons (Fsp3) is 0.350. The molecule has 0 nitrogen and oxygen atoms in total. The molecule has 0 saturated heterocycles. The van der Waals surface area contributed by atoms with Gasteiger partial charge in [-0.3, -0.25) is 6.08 Å². The summed E-state index contributed by atoms with van der Waals surface area (Å²) in [5.41, 5.74) is 0. The molecule has 0 aromatic heterocycles. The minimum atomic E-state index is -0.556. The number of benzene rings is 1. The van der Waals surface area contributed by atoms with E-state index in [-0.39, 0.29) is 7.92 Å². The first kappa shape index (κ1) is 22.1. The monoisotopic (exact) mass is 414 g/mol. The molecule has 0 heterocycles. The summed E-state index contributed by atoms with van der Waals surface area (Å²) in [6, 6.07) is 13.5. The SMILES string of the molecule is CCCP(CCC)c1cc2ccccc2[cH-]1.[C-]1=CC=CC1.[Cl][Ti][Cl]. The van der Waals surface area contributed by atoms with E-state index in [0.29, 0.717) is 0 Å². The van der Waals surface area contributed by atoms with Crippen LogP contribution in [-0.2, 0) is 17.0 Å². The van der Waals surface area contributed by atoms with Gasteiger partial charge in [0, 0.05) is 0 Å². The topological polar surface area (TPSA) is 0 Å². The summed E-state index contributed by atoms with van der Waals surface area (Å²) in [7, 11) is 9.88. The van der Waals surface area contributed by atoms with Crippen LogP contribution in [0, 0.1) is 6.08 Å². The molecule has 0 aliphatic heterocycles. The fourth-order valence-corrected chi connectivity index (χ4v) is 5.03. The quantitative estimate of drug-likeness (QED) is 0.276. The molecular weight excluding hydrogens is 390 g/mol. The summed E-state index contributed by atoms with van der Waals surface area (Å²) in [6.45, 7) is 4.60. The molecule has 0 atom stereocenters. The Bertz CT molecular complexity index is 570. The third-order valence-corrected chi connectivity index (χ3v) is 6.50. The van der Waals surface area contributed by atoms with Gasteiger partial charge in [-0.05, 0) is 12.3 Å². The summed E-state index contributed by atoms with van der Waals surface area (Å²) in [5.74, 6) is 0. The van der Waals surface area contributed by atoms with E-state index in [9.17, 15) is 0 Å². The van der Waals surface area contributed by atoms with Crippen LogP contribution in [0.2, 0.25) is 0 Å². The zero-order valence-electron chi connectivity index (χ0n) is 14.4. The van der Waals surface area contributed by atoms with E-state index in [2.05, 4.69) is 62.4 Å². The summed E-state index contributed by atoms with van der Waals surface area (Å²) >= 11 is -0.556. The van der Waals surface area contributed by atoms with E-state index in [0.717, 1.165) is 6.42 Å². The Hall–Kier alpha value is 0.0343. The van der Waals surface area contributed by atoms with Gasteiger partial charge in [0.05, 0.1) is 0 Å². The Morgan fingerprint density at radius 3 is 2.29 bits per heavy atom. The van der Waals surface area contributed by atoms with Crippen molar-refractivity contribution in [2.45, 2.75) is 33.1 Å². The standard InChI is InChI=1S/C15H20P.C5H5.2ClH.Ti/c1-3-9-16(10-4-2)15-11-13-7-5-6-8-14(13)12-15;1-2-4-5-3-1;;;/h5-8,11-12H,3-4,9-10H2,1-2H3;1-3H,4H2;2*1H;/q2*-1;;;+2/p-2. The zero-order valence-corrected chi connectivity index (χ0v) is 18.4. The van der Waals surface area contributed by atoms with Crippen molar-refractivity contribution in [3.63, 3.8) is 0 Å².